The Bertz CT molecular complexity index is 601. The summed E-state index contributed by atoms with van der Waals surface area (Å²) in [5.74, 6) is 0. The summed E-state index contributed by atoms with van der Waals surface area (Å²) < 4.78 is 38.2. The van der Waals surface area contributed by atoms with Crippen molar-refractivity contribution < 1.29 is 13.2 Å². The van der Waals surface area contributed by atoms with Gasteiger partial charge in [-0.25, -0.2) is 4.98 Å². The molecule has 0 bridgehead atoms. The molecule has 0 atom stereocenters. The molecule has 0 radical (unpaired) electrons. The van der Waals surface area contributed by atoms with E-state index in [2.05, 4.69) is 4.98 Å². The number of alkyl halides is 3. The van der Waals surface area contributed by atoms with Crippen LogP contribution < -0.4 is 5.56 Å². The van der Waals surface area contributed by atoms with Crippen LogP contribution in [0.1, 0.15) is 11.3 Å². The SMILES string of the molecule is Cc1ccn2c(=O)cc(C(F)(F)F)nc2c1. The van der Waals surface area contributed by atoms with Crippen LogP contribution in [0.4, 0.5) is 13.2 Å². The zero-order valence-electron chi connectivity index (χ0n) is 8.25. The lowest BCUT2D eigenvalue weighted by atomic mass is 10.3. The number of hydrogen-bond donors (Lipinski definition) is 0. The van der Waals surface area contributed by atoms with Gasteiger partial charge in [0.05, 0.1) is 0 Å². The van der Waals surface area contributed by atoms with Crippen LogP contribution in [-0.4, -0.2) is 9.38 Å². The van der Waals surface area contributed by atoms with Gasteiger partial charge in [-0.05, 0) is 24.6 Å². The average molecular weight is 228 g/mol. The van der Waals surface area contributed by atoms with E-state index in [-0.39, 0.29) is 5.65 Å². The fourth-order valence-electron chi connectivity index (χ4n) is 1.35. The number of rotatable bonds is 0. The van der Waals surface area contributed by atoms with E-state index in [1.165, 1.54) is 12.3 Å². The van der Waals surface area contributed by atoms with Gasteiger partial charge in [-0.15, -0.1) is 0 Å². The number of aryl methyl sites for hydroxylation is 1. The van der Waals surface area contributed by atoms with Crippen molar-refractivity contribution in [1.29, 1.82) is 0 Å². The third kappa shape index (κ3) is 1.78. The molecule has 16 heavy (non-hydrogen) atoms. The molecule has 0 aliphatic carbocycles. The Hall–Kier alpha value is -1.85. The normalized spacial score (nSPS) is 12.0. The molecule has 0 saturated carbocycles. The van der Waals surface area contributed by atoms with Crippen LogP contribution in [0, 0.1) is 6.92 Å². The highest BCUT2D eigenvalue weighted by atomic mass is 19.4. The summed E-state index contributed by atoms with van der Waals surface area (Å²) in [6.07, 6.45) is -3.20. The maximum absolute atomic E-state index is 12.4. The smallest absolute Gasteiger partial charge is 0.269 e. The van der Waals surface area contributed by atoms with Gasteiger partial charge in [0.25, 0.3) is 5.56 Å². The number of fused-ring (bicyclic) bond motifs is 1. The van der Waals surface area contributed by atoms with Crippen molar-refractivity contribution >= 4 is 5.65 Å². The maximum atomic E-state index is 12.4. The molecule has 3 nitrogen and oxygen atoms in total. The monoisotopic (exact) mass is 228 g/mol. The van der Waals surface area contributed by atoms with Gasteiger partial charge in [0.15, 0.2) is 5.69 Å². The molecule has 0 unspecified atom stereocenters. The predicted octanol–water partition coefficient (Wildman–Crippen LogP) is 2.02. The van der Waals surface area contributed by atoms with Gasteiger partial charge in [-0.1, -0.05) is 0 Å². The lowest BCUT2D eigenvalue weighted by Gasteiger charge is -2.07. The first-order valence-electron chi connectivity index (χ1n) is 4.45. The summed E-state index contributed by atoms with van der Waals surface area (Å²) in [5, 5.41) is 0. The molecule has 2 rings (SSSR count). The van der Waals surface area contributed by atoms with Crippen LogP contribution in [-0.2, 0) is 6.18 Å². The van der Waals surface area contributed by atoms with Gasteiger partial charge in [0.1, 0.15) is 5.65 Å². The van der Waals surface area contributed by atoms with E-state index in [1.54, 1.807) is 13.0 Å². The van der Waals surface area contributed by atoms with Gasteiger partial charge in [0.2, 0.25) is 0 Å². The van der Waals surface area contributed by atoms with E-state index in [9.17, 15) is 18.0 Å². The van der Waals surface area contributed by atoms with Crippen molar-refractivity contribution in [1.82, 2.24) is 9.38 Å². The Kier molecular flexibility index (Phi) is 2.22. The summed E-state index contributed by atoms with van der Waals surface area (Å²) >= 11 is 0. The second-order valence-electron chi connectivity index (χ2n) is 3.41. The van der Waals surface area contributed by atoms with E-state index in [1.807, 2.05) is 0 Å². The van der Waals surface area contributed by atoms with Crippen molar-refractivity contribution in [2.75, 3.05) is 0 Å². The minimum Gasteiger partial charge on any atom is -0.269 e. The van der Waals surface area contributed by atoms with Crippen LogP contribution in [0.15, 0.2) is 29.2 Å². The quantitative estimate of drug-likeness (QED) is 0.691. The molecule has 0 aromatic carbocycles. The molecule has 0 aliphatic heterocycles. The van der Waals surface area contributed by atoms with E-state index < -0.39 is 17.4 Å². The molecular formula is C10H7F3N2O. The van der Waals surface area contributed by atoms with Crippen LogP contribution >= 0.6 is 0 Å². The van der Waals surface area contributed by atoms with Crippen molar-refractivity contribution in [3.8, 4) is 0 Å². The largest absolute Gasteiger partial charge is 0.433 e. The Morgan fingerprint density at radius 3 is 2.62 bits per heavy atom. The average Bonchev–Trinajstić information content (AvgIpc) is 2.15. The standard InChI is InChI=1S/C10H7F3N2O/c1-6-2-3-15-8(4-6)14-7(5-9(15)16)10(11,12)13/h2-5H,1H3. The molecule has 2 heterocycles. The van der Waals surface area contributed by atoms with E-state index in [4.69, 9.17) is 0 Å². The molecule has 0 fully saturated rings. The van der Waals surface area contributed by atoms with Gasteiger partial charge in [-0.2, -0.15) is 13.2 Å². The molecule has 0 amide bonds. The summed E-state index contributed by atoms with van der Waals surface area (Å²) in [5.41, 5.74) is -1.16. The van der Waals surface area contributed by atoms with Crippen molar-refractivity contribution in [3.63, 3.8) is 0 Å². The van der Waals surface area contributed by atoms with E-state index in [0.717, 1.165) is 9.96 Å². The minimum absolute atomic E-state index is 0.000162. The Balaban J connectivity index is 2.80. The maximum Gasteiger partial charge on any atom is 0.433 e. The van der Waals surface area contributed by atoms with Crippen LogP contribution in [0.5, 0.6) is 0 Å². The number of pyridine rings is 1. The highest BCUT2D eigenvalue weighted by Crippen LogP contribution is 2.26. The van der Waals surface area contributed by atoms with Gasteiger partial charge >= 0.3 is 6.18 Å². The third-order valence-electron chi connectivity index (χ3n) is 2.11. The topological polar surface area (TPSA) is 34.4 Å². The summed E-state index contributed by atoms with van der Waals surface area (Å²) in [6, 6.07) is 3.54. The second-order valence-corrected chi connectivity index (χ2v) is 3.41. The molecule has 2 aromatic rings. The van der Waals surface area contributed by atoms with Crippen molar-refractivity contribution in [3.05, 3.63) is 46.0 Å². The van der Waals surface area contributed by atoms with Crippen molar-refractivity contribution in [2.45, 2.75) is 13.1 Å². The zero-order valence-corrected chi connectivity index (χ0v) is 8.25. The van der Waals surface area contributed by atoms with E-state index >= 15 is 0 Å². The molecule has 0 aliphatic rings. The lowest BCUT2D eigenvalue weighted by Crippen LogP contribution is -2.19. The van der Waals surface area contributed by atoms with E-state index in [0.29, 0.717) is 6.07 Å². The number of aromatic nitrogens is 2. The molecule has 0 N–H and O–H groups in total. The molecule has 2 aromatic heterocycles. The molecular weight excluding hydrogens is 221 g/mol. The molecule has 6 heteroatoms. The third-order valence-corrected chi connectivity index (χ3v) is 2.11. The van der Waals surface area contributed by atoms with Gasteiger partial charge in [0, 0.05) is 12.3 Å². The summed E-state index contributed by atoms with van der Waals surface area (Å²) in [6.45, 7) is 1.71. The number of halogens is 3. The second kappa shape index (κ2) is 3.33. The van der Waals surface area contributed by atoms with Crippen LogP contribution in [0.25, 0.3) is 5.65 Å². The zero-order chi connectivity index (χ0) is 11.9. The molecule has 0 saturated heterocycles. The first kappa shape index (κ1) is 10.7. The van der Waals surface area contributed by atoms with Gasteiger partial charge < -0.3 is 0 Å². The fraction of sp³-hybridized carbons (Fsp3) is 0.200. The number of hydrogen-bond acceptors (Lipinski definition) is 2. The Labute approximate surface area is 88.2 Å². The highest BCUT2D eigenvalue weighted by molar-refractivity contribution is 5.41. The Morgan fingerprint density at radius 1 is 1.31 bits per heavy atom. The lowest BCUT2D eigenvalue weighted by molar-refractivity contribution is -0.141. The summed E-state index contributed by atoms with van der Waals surface area (Å²) in [4.78, 5) is 14.8. The predicted molar refractivity (Wildman–Crippen MR) is 51.2 cm³/mol. The molecule has 84 valence electrons. The fourth-order valence-corrected chi connectivity index (χ4v) is 1.35. The highest BCUT2D eigenvalue weighted by Gasteiger charge is 2.33. The first-order valence-corrected chi connectivity index (χ1v) is 4.45. The van der Waals surface area contributed by atoms with Crippen molar-refractivity contribution in [2.24, 2.45) is 0 Å². The van der Waals surface area contributed by atoms with Gasteiger partial charge in [-0.3, -0.25) is 9.20 Å². The summed E-state index contributed by atoms with van der Waals surface area (Å²) in [7, 11) is 0. The van der Waals surface area contributed by atoms with Crippen LogP contribution in [0.2, 0.25) is 0 Å². The molecule has 0 spiro atoms. The van der Waals surface area contributed by atoms with Crippen LogP contribution in [0.3, 0.4) is 0 Å². The number of nitrogens with zero attached hydrogens (tertiary/aromatic N) is 2. The Morgan fingerprint density at radius 2 is 2.00 bits per heavy atom. The minimum atomic E-state index is -4.60. The first-order chi connectivity index (χ1) is 7.38.